The van der Waals surface area contributed by atoms with Crippen molar-refractivity contribution in [1.82, 2.24) is 15.6 Å². The van der Waals surface area contributed by atoms with Crippen LogP contribution in [0.1, 0.15) is 31.9 Å². The Balaban J connectivity index is 1.73. The van der Waals surface area contributed by atoms with Crippen molar-refractivity contribution >= 4 is 40.6 Å². The molecule has 0 spiro atoms. The summed E-state index contributed by atoms with van der Waals surface area (Å²) >= 11 is 1.50. The van der Waals surface area contributed by atoms with Gasteiger partial charge in [-0.05, 0) is 38.0 Å². The topological polar surface area (TPSA) is 110 Å². The third-order valence-electron chi connectivity index (χ3n) is 5.30. The largest absolute Gasteiger partial charge is 0.467 e. The predicted octanol–water partition coefficient (Wildman–Crippen LogP) is 4.19. The number of para-hydroxylation sites is 1. The summed E-state index contributed by atoms with van der Waals surface area (Å²) in [6, 6.07) is 15.7. The average Bonchev–Trinajstić information content (AvgIpc) is 3.24. The van der Waals surface area contributed by atoms with E-state index in [0.717, 1.165) is 22.0 Å². The second kappa shape index (κ2) is 12.5. The minimum Gasteiger partial charge on any atom is -0.467 e. The third-order valence-corrected chi connectivity index (χ3v) is 6.41. The zero-order valence-electron chi connectivity index (χ0n) is 21.0. The number of aromatic nitrogens is 1. The molecular formula is C27H33N3O5S. The van der Waals surface area contributed by atoms with Gasteiger partial charge < -0.3 is 25.1 Å². The number of aromatic amines is 1. The highest BCUT2D eigenvalue weighted by Crippen LogP contribution is 2.20. The highest BCUT2D eigenvalue weighted by molar-refractivity contribution is 7.98. The summed E-state index contributed by atoms with van der Waals surface area (Å²) in [6.07, 6.45) is 1.35. The summed E-state index contributed by atoms with van der Waals surface area (Å²) in [5.41, 5.74) is 2.19. The number of alkyl carbamates (subject to hydrolysis) is 1. The highest BCUT2D eigenvalue weighted by Gasteiger charge is 2.29. The summed E-state index contributed by atoms with van der Waals surface area (Å²) in [7, 11) is 1.28. The van der Waals surface area contributed by atoms with E-state index in [2.05, 4.69) is 15.6 Å². The van der Waals surface area contributed by atoms with Crippen LogP contribution >= 0.6 is 11.8 Å². The van der Waals surface area contributed by atoms with E-state index in [1.165, 1.54) is 18.9 Å². The van der Waals surface area contributed by atoms with E-state index in [9.17, 15) is 14.4 Å². The molecular weight excluding hydrogens is 478 g/mol. The number of methoxy groups -OCH3 is 1. The smallest absolute Gasteiger partial charge is 0.408 e. The van der Waals surface area contributed by atoms with Gasteiger partial charge in [0.2, 0.25) is 5.91 Å². The standard InChI is InChI=1S/C27H33N3O5S/c1-27(2,3)35-26(33)30-23(17-36-16-18-10-6-5-7-11-18)24(31)29-22(25(32)34-4)14-19-15-28-21-13-9-8-12-20(19)21/h5-13,15,22-23,28H,14,16-17H2,1-4H3,(H,29,31)(H,30,33)/t22-,23-/m0/s1. The van der Waals surface area contributed by atoms with E-state index in [1.807, 2.05) is 60.8 Å². The lowest BCUT2D eigenvalue weighted by molar-refractivity contribution is -0.145. The fourth-order valence-corrected chi connectivity index (χ4v) is 4.65. The number of fused-ring (bicyclic) bond motifs is 1. The summed E-state index contributed by atoms with van der Waals surface area (Å²) in [6.45, 7) is 5.25. The summed E-state index contributed by atoms with van der Waals surface area (Å²) < 4.78 is 10.3. The number of carbonyl (C=O) groups is 3. The molecule has 1 aromatic heterocycles. The maximum atomic E-state index is 13.3. The quantitative estimate of drug-likeness (QED) is 0.352. The van der Waals surface area contributed by atoms with Gasteiger partial charge >= 0.3 is 12.1 Å². The third kappa shape index (κ3) is 8.05. The molecule has 0 saturated carbocycles. The Bertz CT molecular complexity index is 1170. The van der Waals surface area contributed by atoms with Gasteiger partial charge in [-0.25, -0.2) is 9.59 Å². The minimum atomic E-state index is -0.927. The monoisotopic (exact) mass is 511 g/mol. The van der Waals surface area contributed by atoms with Crippen molar-refractivity contribution in [3.8, 4) is 0 Å². The van der Waals surface area contributed by atoms with Crippen LogP contribution in [0, 0.1) is 0 Å². The van der Waals surface area contributed by atoms with Crippen LogP contribution in [0.25, 0.3) is 10.9 Å². The van der Waals surface area contributed by atoms with Gasteiger partial charge in [0.15, 0.2) is 0 Å². The number of ether oxygens (including phenoxy) is 2. The zero-order chi connectivity index (χ0) is 26.1. The first-order valence-corrected chi connectivity index (χ1v) is 12.9. The number of nitrogens with one attached hydrogen (secondary N) is 3. The number of H-pyrrole nitrogens is 1. The molecule has 3 aromatic rings. The van der Waals surface area contributed by atoms with E-state index in [1.54, 1.807) is 20.8 Å². The maximum absolute atomic E-state index is 13.3. The lowest BCUT2D eigenvalue weighted by Gasteiger charge is -2.24. The first-order chi connectivity index (χ1) is 17.2. The molecule has 0 unspecified atom stereocenters. The summed E-state index contributed by atoms with van der Waals surface area (Å²) in [5.74, 6) is -0.101. The Morgan fingerprint density at radius 2 is 1.67 bits per heavy atom. The van der Waals surface area contributed by atoms with Gasteiger partial charge in [0.05, 0.1) is 7.11 Å². The van der Waals surface area contributed by atoms with Crippen LogP contribution in [0.5, 0.6) is 0 Å². The molecule has 3 N–H and O–H groups in total. The van der Waals surface area contributed by atoms with Crippen LogP contribution in [0.2, 0.25) is 0 Å². The zero-order valence-corrected chi connectivity index (χ0v) is 21.8. The number of amides is 2. The van der Waals surface area contributed by atoms with Gasteiger partial charge in [-0.1, -0.05) is 48.5 Å². The highest BCUT2D eigenvalue weighted by atomic mass is 32.2. The number of thioether (sulfide) groups is 1. The number of carbonyl (C=O) groups excluding carboxylic acids is 3. The molecule has 2 aromatic carbocycles. The molecule has 1 heterocycles. The molecule has 0 bridgehead atoms. The Morgan fingerprint density at radius 3 is 2.36 bits per heavy atom. The second-order valence-corrected chi connectivity index (χ2v) is 10.4. The van der Waals surface area contributed by atoms with E-state index in [0.29, 0.717) is 11.5 Å². The molecule has 0 fully saturated rings. The lowest BCUT2D eigenvalue weighted by Crippen LogP contribution is -2.54. The summed E-state index contributed by atoms with van der Waals surface area (Å²) in [5, 5.41) is 6.40. The minimum absolute atomic E-state index is 0.235. The normalized spacial score (nSPS) is 13.0. The predicted molar refractivity (Wildman–Crippen MR) is 142 cm³/mol. The fourth-order valence-electron chi connectivity index (χ4n) is 3.63. The SMILES string of the molecule is COC(=O)[C@H](Cc1c[nH]c2ccccc12)NC(=O)[C@H](CSCc1ccccc1)NC(=O)OC(C)(C)C. The van der Waals surface area contributed by atoms with Crippen molar-refractivity contribution in [3.63, 3.8) is 0 Å². The van der Waals surface area contributed by atoms with Crippen LogP contribution < -0.4 is 10.6 Å². The van der Waals surface area contributed by atoms with Gasteiger partial charge in [-0.3, -0.25) is 4.79 Å². The van der Waals surface area contributed by atoms with Gasteiger partial charge in [-0.2, -0.15) is 11.8 Å². The molecule has 0 aliphatic carbocycles. The van der Waals surface area contributed by atoms with Gasteiger partial charge in [-0.15, -0.1) is 0 Å². The van der Waals surface area contributed by atoms with Crippen LogP contribution in [-0.4, -0.2) is 53.5 Å². The van der Waals surface area contributed by atoms with Crippen molar-refractivity contribution in [2.75, 3.05) is 12.9 Å². The molecule has 8 nitrogen and oxygen atoms in total. The average molecular weight is 512 g/mol. The molecule has 9 heteroatoms. The van der Waals surface area contributed by atoms with E-state index in [4.69, 9.17) is 9.47 Å². The molecule has 2 atom stereocenters. The Labute approximate surface area is 215 Å². The number of hydrogen-bond acceptors (Lipinski definition) is 6. The molecule has 0 saturated heterocycles. The number of hydrogen-bond donors (Lipinski definition) is 3. The molecule has 0 aliphatic heterocycles. The second-order valence-electron chi connectivity index (χ2n) is 9.35. The molecule has 192 valence electrons. The Kier molecular flexibility index (Phi) is 9.41. The number of benzene rings is 2. The fraction of sp³-hybridized carbons (Fsp3) is 0.370. The van der Waals surface area contributed by atoms with Crippen molar-refractivity contribution in [2.24, 2.45) is 0 Å². The Hall–Kier alpha value is -3.46. The van der Waals surface area contributed by atoms with Gasteiger partial charge in [0.25, 0.3) is 0 Å². The van der Waals surface area contributed by atoms with Gasteiger partial charge in [0, 0.05) is 35.0 Å². The van der Waals surface area contributed by atoms with Crippen molar-refractivity contribution in [3.05, 3.63) is 71.9 Å². The molecule has 2 amide bonds. The van der Waals surface area contributed by atoms with E-state index < -0.39 is 35.7 Å². The maximum Gasteiger partial charge on any atom is 0.408 e. The summed E-state index contributed by atoms with van der Waals surface area (Å²) in [4.78, 5) is 41.5. The first-order valence-electron chi connectivity index (χ1n) is 11.7. The molecule has 3 rings (SSSR count). The molecule has 0 radical (unpaired) electrons. The Morgan fingerprint density at radius 1 is 0.972 bits per heavy atom. The van der Waals surface area contributed by atoms with Crippen LogP contribution in [-0.2, 0) is 31.2 Å². The van der Waals surface area contributed by atoms with Crippen LogP contribution in [0.3, 0.4) is 0 Å². The number of rotatable bonds is 10. The first kappa shape index (κ1) is 27.1. The molecule has 36 heavy (non-hydrogen) atoms. The van der Waals surface area contributed by atoms with Crippen molar-refractivity contribution < 1.29 is 23.9 Å². The lowest BCUT2D eigenvalue weighted by atomic mass is 10.0. The van der Waals surface area contributed by atoms with Crippen molar-refractivity contribution in [1.29, 1.82) is 0 Å². The number of esters is 1. The van der Waals surface area contributed by atoms with Gasteiger partial charge in [0.1, 0.15) is 17.7 Å². The van der Waals surface area contributed by atoms with E-state index >= 15 is 0 Å². The molecule has 0 aliphatic rings. The van der Waals surface area contributed by atoms with Crippen molar-refractivity contribution in [2.45, 2.75) is 50.6 Å². The van der Waals surface area contributed by atoms with Crippen LogP contribution in [0.4, 0.5) is 4.79 Å². The van der Waals surface area contributed by atoms with E-state index in [-0.39, 0.29) is 6.42 Å². The van der Waals surface area contributed by atoms with Crippen LogP contribution in [0.15, 0.2) is 60.8 Å².